The second-order valence-corrected chi connectivity index (χ2v) is 7.75. The molecular formula is C24H19F2N7O. The lowest BCUT2D eigenvalue weighted by Crippen LogP contribution is -2.20. The van der Waals surface area contributed by atoms with Crippen LogP contribution in [0.3, 0.4) is 0 Å². The first-order valence-corrected chi connectivity index (χ1v) is 10.5. The maximum absolute atomic E-state index is 13.3. The van der Waals surface area contributed by atoms with Gasteiger partial charge in [-0.3, -0.25) is 10.1 Å². The Morgan fingerprint density at radius 3 is 2.38 bits per heavy atom. The van der Waals surface area contributed by atoms with Gasteiger partial charge in [-0.15, -0.1) is 5.10 Å². The molecule has 10 heteroatoms. The number of aryl methyl sites for hydroxylation is 1. The van der Waals surface area contributed by atoms with Crippen molar-refractivity contribution in [2.75, 3.05) is 5.32 Å². The van der Waals surface area contributed by atoms with Crippen molar-refractivity contribution in [1.29, 1.82) is 0 Å². The molecule has 0 bridgehead atoms. The van der Waals surface area contributed by atoms with Crippen molar-refractivity contribution in [3.05, 3.63) is 90.0 Å². The molecule has 3 heterocycles. The highest BCUT2D eigenvalue weighted by molar-refractivity contribution is 5.96. The van der Waals surface area contributed by atoms with Gasteiger partial charge in [-0.1, -0.05) is 24.3 Å². The Bertz CT molecular complexity index is 1470. The molecule has 0 saturated heterocycles. The Balaban J connectivity index is 1.32. The summed E-state index contributed by atoms with van der Waals surface area (Å²) in [6, 6.07) is 14.1. The predicted octanol–water partition coefficient (Wildman–Crippen LogP) is 3.96. The SMILES string of the molecule is Cc1nn(CC(=O)Nc2ncn(Cc3ccc(F)cc3)n2)c2nccc(-c3ccc(F)cc3)c12. The van der Waals surface area contributed by atoms with E-state index >= 15 is 0 Å². The molecule has 0 radical (unpaired) electrons. The van der Waals surface area contributed by atoms with Gasteiger partial charge in [-0.2, -0.15) is 5.10 Å². The zero-order chi connectivity index (χ0) is 23.7. The van der Waals surface area contributed by atoms with Gasteiger partial charge in [0.25, 0.3) is 0 Å². The summed E-state index contributed by atoms with van der Waals surface area (Å²) in [5, 5.41) is 12.2. The Labute approximate surface area is 192 Å². The third-order valence-electron chi connectivity index (χ3n) is 5.30. The van der Waals surface area contributed by atoms with Crippen LogP contribution in [0.25, 0.3) is 22.2 Å². The Kier molecular flexibility index (Phi) is 5.54. The molecule has 0 aliphatic carbocycles. The number of hydrogen-bond acceptors (Lipinski definition) is 5. The summed E-state index contributed by atoms with van der Waals surface area (Å²) in [4.78, 5) is 21.2. The fourth-order valence-electron chi connectivity index (χ4n) is 3.77. The zero-order valence-corrected chi connectivity index (χ0v) is 18.1. The molecule has 0 saturated carbocycles. The van der Waals surface area contributed by atoms with E-state index in [9.17, 15) is 13.6 Å². The Hall–Kier alpha value is -4.47. The van der Waals surface area contributed by atoms with Gasteiger partial charge in [0.2, 0.25) is 11.9 Å². The molecule has 0 atom stereocenters. The largest absolute Gasteiger partial charge is 0.292 e. The number of carbonyl (C=O) groups is 1. The molecule has 0 aliphatic rings. The molecule has 8 nitrogen and oxygen atoms in total. The number of pyridine rings is 1. The number of nitrogens with one attached hydrogen (secondary N) is 1. The van der Waals surface area contributed by atoms with E-state index in [4.69, 9.17) is 0 Å². The first-order valence-electron chi connectivity index (χ1n) is 10.5. The van der Waals surface area contributed by atoms with Crippen molar-refractivity contribution in [3.63, 3.8) is 0 Å². The molecule has 0 spiro atoms. The third kappa shape index (κ3) is 4.38. The van der Waals surface area contributed by atoms with E-state index in [-0.39, 0.29) is 30.0 Å². The molecule has 0 unspecified atom stereocenters. The number of halogens is 2. The van der Waals surface area contributed by atoms with Crippen molar-refractivity contribution in [1.82, 2.24) is 29.5 Å². The van der Waals surface area contributed by atoms with Gasteiger partial charge in [0.05, 0.1) is 12.2 Å². The molecule has 3 aromatic heterocycles. The molecule has 1 amide bonds. The molecule has 170 valence electrons. The minimum Gasteiger partial charge on any atom is -0.292 e. The van der Waals surface area contributed by atoms with E-state index in [0.717, 1.165) is 22.1 Å². The molecule has 0 fully saturated rings. The number of aromatic nitrogens is 6. The predicted molar refractivity (Wildman–Crippen MR) is 122 cm³/mol. The fraction of sp³-hybridized carbons (Fsp3) is 0.125. The van der Waals surface area contributed by atoms with E-state index < -0.39 is 0 Å². The third-order valence-corrected chi connectivity index (χ3v) is 5.30. The standard InChI is InChI=1S/C24H19F2N7O/c1-15-22-20(17-4-8-19(26)9-5-17)10-11-27-23(22)33(30-15)13-21(34)29-24-28-14-32(31-24)12-16-2-6-18(25)7-3-16/h2-11,14H,12-13H2,1H3,(H,29,31,34). The van der Waals surface area contributed by atoms with Crippen molar-refractivity contribution in [3.8, 4) is 11.1 Å². The van der Waals surface area contributed by atoms with E-state index in [1.165, 1.54) is 35.3 Å². The van der Waals surface area contributed by atoms with Gasteiger partial charge < -0.3 is 0 Å². The normalized spacial score (nSPS) is 11.1. The number of fused-ring (bicyclic) bond motifs is 1. The van der Waals surface area contributed by atoms with Gasteiger partial charge >= 0.3 is 0 Å². The van der Waals surface area contributed by atoms with Crippen LogP contribution in [0.4, 0.5) is 14.7 Å². The van der Waals surface area contributed by atoms with Gasteiger partial charge in [0.15, 0.2) is 5.65 Å². The Morgan fingerprint density at radius 1 is 0.941 bits per heavy atom. The van der Waals surface area contributed by atoms with Crippen LogP contribution in [0.15, 0.2) is 67.1 Å². The van der Waals surface area contributed by atoms with Crippen molar-refractivity contribution in [2.45, 2.75) is 20.0 Å². The van der Waals surface area contributed by atoms with Crippen molar-refractivity contribution in [2.24, 2.45) is 0 Å². The number of nitrogens with zero attached hydrogens (tertiary/aromatic N) is 6. The maximum atomic E-state index is 13.3. The summed E-state index contributed by atoms with van der Waals surface area (Å²) >= 11 is 0. The average molecular weight is 459 g/mol. The van der Waals surface area contributed by atoms with Crippen LogP contribution in [0.1, 0.15) is 11.3 Å². The minimum atomic E-state index is -0.363. The monoisotopic (exact) mass is 459 g/mol. The van der Waals surface area contributed by atoms with Crippen molar-refractivity contribution >= 4 is 22.9 Å². The Morgan fingerprint density at radius 2 is 1.65 bits per heavy atom. The maximum Gasteiger partial charge on any atom is 0.248 e. The van der Waals surface area contributed by atoms with E-state index in [0.29, 0.717) is 17.9 Å². The van der Waals surface area contributed by atoms with Crippen LogP contribution in [0.2, 0.25) is 0 Å². The van der Waals surface area contributed by atoms with E-state index in [1.807, 2.05) is 13.0 Å². The lowest BCUT2D eigenvalue weighted by atomic mass is 10.0. The summed E-state index contributed by atoms with van der Waals surface area (Å²) in [6.07, 6.45) is 3.12. The lowest BCUT2D eigenvalue weighted by Gasteiger charge is -2.05. The number of hydrogen-bond donors (Lipinski definition) is 1. The van der Waals surface area contributed by atoms with Crippen LogP contribution in [0.5, 0.6) is 0 Å². The highest BCUT2D eigenvalue weighted by Gasteiger charge is 2.17. The second-order valence-electron chi connectivity index (χ2n) is 7.75. The summed E-state index contributed by atoms with van der Waals surface area (Å²) in [5.41, 5.74) is 3.79. The molecule has 1 N–H and O–H groups in total. The molecule has 5 aromatic rings. The molecule has 2 aromatic carbocycles. The summed E-state index contributed by atoms with van der Waals surface area (Å²) < 4.78 is 29.5. The minimum absolute atomic E-state index is 0.0866. The van der Waals surface area contributed by atoms with E-state index in [1.54, 1.807) is 35.1 Å². The fourth-order valence-corrected chi connectivity index (χ4v) is 3.77. The summed E-state index contributed by atoms with van der Waals surface area (Å²) in [5.74, 6) is -0.832. The smallest absolute Gasteiger partial charge is 0.248 e. The quantitative estimate of drug-likeness (QED) is 0.415. The lowest BCUT2D eigenvalue weighted by molar-refractivity contribution is -0.116. The molecule has 5 rings (SSSR count). The molecule has 0 aliphatic heterocycles. The van der Waals surface area contributed by atoms with Crippen LogP contribution in [-0.4, -0.2) is 35.4 Å². The summed E-state index contributed by atoms with van der Waals surface area (Å²) in [6.45, 7) is 2.14. The first-order chi connectivity index (χ1) is 16.5. The van der Waals surface area contributed by atoms with Gasteiger partial charge in [-0.05, 0) is 53.9 Å². The van der Waals surface area contributed by atoms with Crippen LogP contribution < -0.4 is 5.32 Å². The van der Waals surface area contributed by atoms with Gasteiger partial charge in [0.1, 0.15) is 24.5 Å². The van der Waals surface area contributed by atoms with Crippen LogP contribution >= 0.6 is 0 Å². The number of rotatable bonds is 6. The van der Waals surface area contributed by atoms with Crippen LogP contribution in [-0.2, 0) is 17.9 Å². The van der Waals surface area contributed by atoms with Crippen molar-refractivity contribution < 1.29 is 13.6 Å². The number of amides is 1. The first kappa shape index (κ1) is 21.4. The van der Waals surface area contributed by atoms with Gasteiger partial charge in [-0.25, -0.2) is 28.1 Å². The number of benzene rings is 2. The van der Waals surface area contributed by atoms with E-state index in [2.05, 4.69) is 25.5 Å². The van der Waals surface area contributed by atoms with Gasteiger partial charge in [0, 0.05) is 11.6 Å². The second kappa shape index (κ2) is 8.81. The van der Waals surface area contributed by atoms with Crippen LogP contribution in [0, 0.1) is 18.6 Å². The highest BCUT2D eigenvalue weighted by Crippen LogP contribution is 2.29. The highest BCUT2D eigenvalue weighted by atomic mass is 19.1. The molecule has 34 heavy (non-hydrogen) atoms. The average Bonchev–Trinajstić information content (AvgIpc) is 3.39. The summed E-state index contributed by atoms with van der Waals surface area (Å²) in [7, 11) is 0. The number of carbonyl (C=O) groups excluding carboxylic acids is 1. The molecular weight excluding hydrogens is 440 g/mol. The number of anilines is 1. The zero-order valence-electron chi connectivity index (χ0n) is 18.1. The topological polar surface area (TPSA) is 90.5 Å².